The summed E-state index contributed by atoms with van der Waals surface area (Å²) in [6.45, 7) is 6.63. The van der Waals surface area contributed by atoms with Crippen molar-refractivity contribution in [2.75, 3.05) is 6.54 Å². The van der Waals surface area contributed by atoms with E-state index in [9.17, 15) is 9.90 Å². The van der Waals surface area contributed by atoms with Crippen molar-refractivity contribution >= 4 is 5.91 Å². The van der Waals surface area contributed by atoms with Gasteiger partial charge < -0.3 is 10.4 Å². The average molecular weight is 169 g/mol. The van der Waals surface area contributed by atoms with Crippen molar-refractivity contribution in [3.63, 3.8) is 0 Å². The summed E-state index contributed by atoms with van der Waals surface area (Å²) in [6, 6.07) is 0. The van der Waals surface area contributed by atoms with Crippen LogP contribution in [0.15, 0.2) is 11.3 Å². The second-order valence-corrected chi connectivity index (χ2v) is 3.59. The van der Waals surface area contributed by atoms with Crippen molar-refractivity contribution in [1.29, 1.82) is 0 Å². The van der Waals surface area contributed by atoms with Crippen LogP contribution in [-0.4, -0.2) is 17.6 Å². The van der Waals surface area contributed by atoms with Crippen LogP contribution < -0.4 is 5.32 Å². The van der Waals surface area contributed by atoms with Gasteiger partial charge in [-0.15, -0.1) is 0 Å². The van der Waals surface area contributed by atoms with Crippen LogP contribution in [0.1, 0.15) is 20.8 Å². The zero-order valence-electron chi connectivity index (χ0n) is 7.72. The molecule has 0 radical (unpaired) electrons. The normalized spacial score (nSPS) is 24.7. The lowest BCUT2D eigenvalue weighted by Crippen LogP contribution is -2.38. The molecule has 0 saturated heterocycles. The lowest BCUT2D eigenvalue weighted by molar-refractivity contribution is -0.121. The van der Waals surface area contributed by atoms with Crippen LogP contribution >= 0.6 is 0 Å². The number of rotatable bonds is 1. The van der Waals surface area contributed by atoms with Gasteiger partial charge >= 0.3 is 0 Å². The fraction of sp³-hybridized carbons (Fsp3) is 0.667. The molecule has 1 atom stereocenters. The second kappa shape index (κ2) is 3.17. The molecule has 0 spiro atoms. The molecule has 0 bridgehead atoms. The molecule has 0 aliphatic carbocycles. The molecule has 1 aliphatic heterocycles. The van der Waals surface area contributed by atoms with E-state index >= 15 is 0 Å². The van der Waals surface area contributed by atoms with Gasteiger partial charge in [0.1, 0.15) is 0 Å². The van der Waals surface area contributed by atoms with E-state index in [0.717, 1.165) is 5.57 Å². The molecule has 1 amide bonds. The Kier molecular flexibility index (Phi) is 2.40. The Morgan fingerprint density at radius 2 is 2.17 bits per heavy atom. The molecule has 68 valence electrons. The smallest absolute Gasteiger partial charge is 0.286 e. The molecule has 12 heavy (non-hydrogen) atoms. The summed E-state index contributed by atoms with van der Waals surface area (Å²) in [5, 5.41) is 12.0. The van der Waals surface area contributed by atoms with Gasteiger partial charge in [-0.25, -0.2) is 0 Å². The third-order valence-corrected chi connectivity index (χ3v) is 2.43. The summed E-state index contributed by atoms with van der Waals surface area (Å²) in [6.07, 6.45) is 0. The molecule has 3 nitrogen and oxygen atoms in total. The van der Waals surface area contributed by atoms with Gasteiger partial charge in [-0.1, -0.05) is 13.8 Å². The second-order valence-electron chi connectivity index (χ2n) is 3.59. The largest absolute Gasteiger partial charge is 0.503 e. The maximum Gasteiger partial charge on any atom is 0.286 e. The van der Waals surface area contributed by atoms with Crippen LogP contribution in [0.5, 0.6) is 0 Å². The number of hydrogen-bond donors (Lipinski definition) is 2. The van der Waals surface area contributed by atoms with Crippen LogP contribution in [0.25, 0.3) is 0 Å². The summed E-state index contributed by atoms with van der Waals surface area (Å²) in [7, 11) is 0. The number of aliphatic hydroxyl groups is 1. The molecule has 0 aromatic carbocycles. The van der Waals surface area contributed by atoms with Crippen LogP contribution in [0.2, 0.25) is 0 Å². The number of hydrogen-bond acceptors (Lipinski definition) is 2. The predicted octanol–water partition coefficient (Wildman–Crippen LogP) is 1.22. The highest BCUT2D eigenvalue weighted by atomic mass is 16.3. The Bertz CT molecular complexity index is 231. The zero-order valence-corrected chi connectivity index (χ0v) is 7.72. The lowest BCUT2D eigenvalue weighted by atomic mass is 9.86. The minimum absolute atomic E-state index is 0.0973. The summed E-state index contributed by atoms with van der Waals surface area (Å²) < 4.78 is 0. The maximum atomic E-state index is 11.0. The topological polar surface area (TPSA) is 49.3 Å². The van der Waals surface area contributed by atoms with Crippen LogP contribution in [0, 0.1) is 11.8 Å². The fourth-order valence-corrected chi connectivity index (χ4v) is 1.53. The van der Waals surface area contributed by atoms with Gasteiger partial charge in [0.25, 0.3) is 5.91 Å². The molecule has 2 N–H and O–H groups in total. The number of carbonyl (C=O) groups excluding carboxylic acids is 1. The quantitative estimate of drug-likeness (QED) is 0.620. The Morgan fingerprint density at radius 1 is 1.58 bits per heavy atom. The standard InChI is InChI=1S/C9H15NO2/c1-5(2)7-4-10-9(12)8(11)6(7)3/h5,7,11H,4H2,1-3H3,(H,10,12). The lowest BCUT2D eigenvalue weighted by Gasteiger charge is -2.26. The minimum Gasteiger partial charge on any atom is -0.503 e. The van der Waals surface area contributed by atoms with Gasteiger partial charge in [0, 0.05) is 12.5 Å². The number of amides is 1. The first-order valence-electron chi connectivity index (χ1n) is 4.22. The van der Waals surface area contributed by atoms with Gasteiger partial charge in [-0.3, -0.25) is 4.79 Å². The molecule has 0 aromatic rings. The van der Waals surface area contributed by atoms with E-state index in [-0.39, 0.29) is 17.6 Å². The van der Waals surface area contributed by atoms with Crippen molar-refractivity contribution < 1.29 is 9.90 Å². The maximum absolute atomic E-state index is 11.0. The Morgan fingerprint density at radius 3 is 2.67 bits per heavy atom. The van der Waals surface area contributed by atoms with E-state index in [1.807, 2.05) is 6.92 Å². The first kappa shape index (κ1) is 9.10. The van der Waals surface area contributed by atoms with E-state index in [1.165, 1.54) is 0 Å². The van der Waals surface area contributed by atoms with Crippen molar-refractivity contribution in [1.82, 2.24) is 5.32 Å². The van der Waals surface area contributed by atoms with E-state index in [2.05, 4.69) is 19.2 Å². The van der Waals surface area contributed by atoms with Crippen molar-refractivity contribution in [3.05, 3.63) is 11.3 Å². The number of nitrogens with one attached hydrogen (secondary N) is 1. The van der Waals surface area contributed by atoms with Crippen LogP contribution in [0.4, 0.5) is 0 Å². The molecular weight excluding hydrogens is 154 g/mol. The monoisotopic (exact) mass is 169 g/mol. The van der Waals surface area contributed by atoms with E-state index in [4.69, 9.17) is 0 Å². The van der Waals surface area contributed by atoms with Gasteiger partial charge in [0.05, 0.1) is 0 Å². The van der Waals surface area contributed by atoms with E-state index < -0.39 is 0 Å². The first-order chi connectivity index (χ1) is 5.54. The van der Waals surface area contributed by atoms with Crippen LogP contribution in [0.3, 0.4) is 0 Å². The third-order valence-electron chi connectivity index (χ3n) is 2.43. The predicted molar refractivity (Wildman–Crippen MR) is 46.7 cm³/mol. The molecule has 0 saturated carbocycles. The van der Waals surface area contributed by atoms with Crippen molar-refractivity contribution in [2.24, 2.45) is 11.8 Å². The van der Waals surface area contributed by atoms with Crippen molar-refractivity contribution in [3.8, 4) is 0 Å². The summed E-state index contributed by atoms with van der Waals surface area (Å²) >= 11 is 0. The van der Waals surface area contributed by atoms with Crippen LogP contribution in [-0.2, 0) is 4.79 Å². The summed E-state index contributed by atoms with van der Waals surface area (Å²) in [4.78, 5) is 11.0. The molecule has 0 fully saturated rings. The highest BCUT2D eigenvalue weighted by Gasteiger charge is 2.26. The average Bonchev–Trinajstić information content (AvgIpc) is 2.00. The van der Waals surface area contributed by atoms with Gasteiger partial charge in [0.15, 0.2) is 5.76 Å². The number of aliphatic hydroxyl groups excluding tert-OH is 1. The summed E-state index contributed by atoms with van der Waals surface area (Å²) in [5.41, 5.74) is 0.814. The number of carbonyl (C=O) groups is 1. The van der Waals surface area contributed by atoms with E-state index in [0.29, 0.717) is 12.5 Å². The molecule has 1 rings (SSSR count). The fourth-order valence-electron chi connectivity index (χ4n) is 1.53. The third kappa shape index (κ3) is 1.44. The Hall–Kier alpha value is -0.990. The Balaban J connectivity index is 2.90. The highest BCUT2D eigenvalue weighted by Crippen LogP contribution is 2.24. The molecule has 1 aliphatic rings. The molecule has 1 heterocycles. The molecule has 1 unspecified atom stereocenters. The van der Waals surface area contributed by atoms with E-state index in [1.54, 1.807) is 0 Å². The van der Waals surface area contributed by atoms with Crippen molar-refractivity contribution in [2.45, 2.75) is 20.8 Å². The molecule has 3 heteroatoms. The molecular formula is C9H15NO2. The highest BCUT2D eigenvalue weighted by molar-refractivity contribution is 5.92. The first-order valence-corrected chi connectivity index (χ1v) is 4.22. The minimum atomic E-state index is -0.343. The zero-order chi connectivity index (χ0) is 9.30. The Labute approximate surface area is 72.5 Å². The molecule has 0 aromatic heterocycles. The van der Waals surface area contributed by atoms with Gasteiger partial charge in [-0.05, 0) is 18.4 Å². The van der Waals surface area contributed by atoms with Gasteiger partial charge in [-0.2, -0.15) is 0 Å². The van der Waals surface area contributed by atoms with Gasteiger partial charge in [0.2, 0.25) is 0 Å². The SMILES string of the molecule is CC1=C(O)C(=O)NCC1C(C)C. The summed E-state index contributed by atoms with van der Waals surface area (Å²) in [5.74, 6) is 0.291.